The van der Waals surface area contributed by atoms with Gasteiger partial charge in [0.15, 0.2) is 22.3 Å². The minimum atomic E-state index is -0.795. The lowest BCUT2D eigenvalue weighted by Crippen LogP contribution is -2.51. The number of hydrogen-bond acceptors (Lipinski definition) is 10. The molecule has 4 heterocycles. The highest BCUT2D eigenvalue weighted by atomic mass is 32.1. The second kappa shape index (κ2) is 16.6. The number of hydrogen-bond donors (Lipinski definition) is 3. The molecule has 0 aliphatic carbocycles. The van der Waals surface area contributed by atoms with E-state index in [-0.39, 0.29) is 42.5 Å². The Morgan fingerprint density at radius 1 is 1.06 bits per heavy atom. The predicted octanol–water partition coefficient (Wildman–Crippen LogP) is 2.75. The second-order valence-corrected chi connectivity index (χ2v) is 13.3. The highest BCUT2D eigenvalue weighted by Crippen LogP contribution is 2.28. The van der Waals surface area contributed by atoms with Crippen LogP contribution in [-0.2, 0) is 27.3 Å². The summed E-state index contributed by atoms with van der Waals surface area (Å²) in [5.41, 5.74) is 1.18. The number of carbonyl (C=O) groups excluding carboxylic acids is 4. The maximum absolute atomic E-state index is 13.7. The van der Waals surface area contributed by atoms with Gasteiger partial charge in [0.2, 0.25) is 17.7 Å². The molecule has 3 N–H and O–H groups in total. The fraction of sp³-hybridized carbons (Fsp3) is 0.500. The Bertz CT molecular complexity index is 1790. The van der Waals surface area contributed by atoms with Crippen molar-refractivity contribution in [3.05, 3.63) is 58.9 Å². The number of fused-ring (bicyclic) bond motifs is 2. The summed E-state index contributed by atoms with van der Waals surface area (Å²) in [6.07, 6.45) is 5.54. The zero-order valence-electron chi connectivity index (χ0n) is 29.1. The number of thiazole rings is 1. The van der Waals surface area contributed by atoms with Crippen LogP contribution in [0.3, 0.4) is 0 Å². The van der Waals surface area contributed by atoms with Gasteiger partial charge in [0.25, 0.3) is 5.91 Å². The summed E-state index contributed by atoms with van der Waals surface area (Å²) in [5.74, 6) is 0.678. The third-order valence-electron chi connectivity index (χ3n) is 8.76. The predicted molar refractivity (Wildman–Crippen MR) is 186 cm³/mol. The summed E-state index contributed by atoms with van der Waals surface area (Å²) in [7, 11) is 3.13. The molecule has 0 saturated heterocycles. The summed E-state index contributed by atoms with van der Waals surface area (Å²) in [6, 6.07) is 4.11. The second-order valence-electron chi connectivity index (χ2n) is 12.4. The van der Waals surface area contributed by atoms with Crippen molar-refractivity contribution in [2.45, 2.75) is 71.5 Å². The molecular weight excluding hydrogens is 662 g/mol. The van der Waals surface area contributed by atoms with Crippen LogP contribution in [0.1, 0.15) is 80.2 Å². The first-order valence-corrected chi connectivity index (χ1v) is 17.7. The van der Waals surface area contributed by atoms with Gasteiger partial charge in [0.1, 0.15) is 24.1 Å². The minimum absolute atomic E-state index is 0.127. The first-order valence-electron chi connectivity index (χ1n) is 16.8. The Hall–Kier alpha value is -4.99. The normalized spacial score (nSPS) is 19.1. The standard InChI is InChI=1S/C34H45N9O6S/c1-6-21(2)30-32(46)36-22(3)31-38-27(18-23-10-11-25(48-4)26(17-23)49-5)40-43(31)20-29(45)35-12-8-14-41(13-7-9-28(44)39-30)33(47)24-19-42-15-16-50-34(42)37-24/h10-11,15-17,19,21-22,30H,6-9,12-14,18,20H2,1-5H3,(H,35,45)(H,36,46)(H,39,44)/t21-,22+,30-/m0/s1. The van der Waals surface area contributed by atoms with E-state index in [0.717, 1.165) is 5.56 Å². The van der Waals surface area contributed by atoms with Gasteiger partial charge in [-0.2, -0.15) is 5.10 Å². The summed E-state index contributed by atoms with van der Waals surface area (Å²) in [6.45, 7) is 6.49. The van der Waals surface area contributed by atoms with E-state index in [4.69, 9.17) is 14.5 Å². The Morgan fingerprint density at radius 2 is 1.84 bits per heavy atom. The lowest BCUT2D eigenvalue weighted by molar-refractivity contribution is -0.130. The van der Waals surface area contributed by atoms with Gasteiger partial charge in [-0.25, -0.2) is 14.6 Å². The highest BCUT2D eigenvalue weighted by Gasteiger charge is 2.29. The van der Waals surface area contributed by atoms with Gasteiger partial charge < -0.3 is 30.3 Å². The zero-order chi connectivity index (χ0) is 35.8. The zero-order valence-corrected chi connectivity index (χ0v) is 29.9. The minimum Gasteiger partial charge on any atom is -0.493 e. The number of imidazole rings is 1. The number of methoxy groups -OCH3 is 2. The highest BCUT2D eigenvalue weighted by molar-refractivity contribution is 7.15. The summed E-state index contributed by atoms with van der Waals surface area (Å²) < 4.78 is 14.1. The van der Waals surface area contributed by atoms with Gasteiger partial charge >= 0.3 is 0 Å². The summed E-state index contributed by atoms with van der Waals surface area (Å²) in [5, 5.41) is 15.4. The quantitative estimate of drug-likeness (QED) is 0.261. The van der Waals surface area contributed by atoms with Crippen LogP contribution in [0.5, 0.6) is 11.5 Å². The van der Waals surface area contributed by atoms with E-state index >= 15 is 0 Å². The Balaban J connectivity index is 1.38. The van der Waals surface area contributed by atoms with E-state index in [1.807, 2.05) is 37.6 Å². The SMILES string of the molecule is CC[C@H](C)[C@@H]1NC(=O)CCCN(C(=O)c2cn3ccsc3n2)CCCNC(=O)Cn2nc(Cc3ccc(OC)c(OC)c3)nc2[C@@H](C)NC1=O. The van der Waals surface area contributed by atoms with Gasteiger partial charge in [-0.05, 0) is 43.4 Å². The molecule has 0 saturated carbocycles. The van der Waals surface area contributed by atoms with Crippen LogP contribution in [0.25, 0.3) is 4.96 Å². The van der Waals surface area contributed by atoms with Gasteiger partial charge in [0.05, 0.1) is 20.3 Å². The van der Waals surface area contributed by atoms with Gasteiger partial charge in [0, 0.05) is 50.2 Å². The molecule has 4 aromatic rings. The Kier molecular flexibility index (Phi) is 12.1. The number of ether oxygens (including phenoxy) is 2. The molecule has 3 aromatic heterocycles. The lowest BCUT2D eigenvalue weighted by Gasteiger charge is -2.26. The summed E-state index contributed by atoms with van der Waals surface area (Å²) >= 11 is 1.43. The fourth-order valence-electron chi connectivity index (χ4n) is 5.83. The van der Waals surface area contributed by atoms with Crippen LogP contribution >= 0.6 is 11.3 Å². The summed E-state index contributed by atoms with van der Waals surface area (Å²) in [4.78, 5) is 65.1. The third-order valence-corrected chi connectivity index (χ3v) is 9.53. The van der Waals surface area contributed by atoms with Gasteiger partial charge in [-0.3, -0.25) is 23.6 Å². The first-order chi connectivity index (χ1) is 24.1. The molecule has 1 aliphatic heterocycles. The molecule has 3 atom stereocenters. The van der Waals surface area contributed by atoms with E-state index in [9.17, 15) is 19.2 Å². The molecule has 5 rings (SSSR count). The number of rotatable bonds is 7. The van der Waals surface area contributed by atoms with E-state index in [1.54, 1.807) is 42.7 Å². The van der Waals surface area contributed by atoms with Crippen LogP contribution in [0.2, 0.25) is 0 Å². The molecule has 0 spiro atoms. The van der Waals surface area contributed by atoms with E-state index in [1.165, 1.54) is 16.0 Å². The number of benzene rings is 1. The van der Waals surface area contributed by atoms with Crippen LogP contribution in [-0.4, -0.2) is 92.6 Å². The van der Waals surface area contributed by atoms with Crippen molar-refractivity contribution in [2.24, 2.45) is 5.92 Å². The van der Waals surface area contributed by atoms with Gasteiger partial charge in [-0.1, -0.05) is 26.3 Å². The first kappa shape index (κ1) is 36.3. The largest absolute Gasteiger partial charge is 0.493 e. The fourth-order valence-corrected chi connectivity index (χ4v) is 6.53. The molecule has 15 nitrogen and oxygen atoms in total. The number of aromatic nitrogens is 5. The maximum atomic E-state index is 13.7. The number of nitrogens with one attached hydrogen (secondary N) is 3. The molecule has 16 heteroatoms. The average molecular weight is 708 g/mol. The van der Waals surface area contributed by atoms with Crippen molar-refractivity contribution in [1.29, 1.82) is 0 Å². The van der Waals surface area contributed by atoms with Crippen molar-refractivity contribution in [1.82, 2.24) is 45.0 Å². The Labute approximate surface area is 294 Å². The number of amides is 4. The van der Waals surface area contributed by atoms with Crippen molar-refractivity contribution in [2.75, 3.05) is 33.9 Å². The van der Waals surface area contributed by atoms with Crippen molar-refractivity contribution >= 4 is 39.9 Å². The molecule has 1 aliphatic rings. The van der Waals surface area contributed by atoms with E-state index < -0.39 is 12.1 Å². The average Bonchev–Trinajstić information content (AvgIpc) is 3.83. The molecule has 1 aromatic carbocycles. The maximum Gasteiger partial charge on any atom is 0.274 e. The molecular formula is C34H45N9O6S. The number of carbonyl (C=O) groups is 4. The number of nitrogens with zero attached hydrogens (tertiary/aromatic N) is 6. The Morgan fingerprint density at radius 3 is 2.58 bits per heavy atom. The van der Waals surface area contributed by atoms with Crippen LogP contribution in [0.4, 0.5) is 0 Å². The van der Waals surface area contributed by atoms with E-state index in [0.29, 0.717) is 79.1 Å². The lowest BCUT2D eigenvalue weighted by atomic mass is 9.97. The van der Waals surface area contributed by atoms with Crippen LogP contribution < -0.4 is 25.4 Å². The van der Waals surface area contributed by atoms with Crippen molar-refractivity contribution in [3.8, 4) is 11.5 Å². The van der Waals surface area contributed by atoms with Crippen LogP contribution in [0, 0.1) is 5.92 Å². The van der Waals surface area contributed by atoms with Crippen LogP contribution in [0.15, 0.2) is 36.0 Å². The molecule has 0 fully saturated rings. The molecule has 4 amide bonds. The third kappa shape index (κ3) is 8.77. The monoisotopic (exact) mass is 707 g/mol. The van der Waals surface area contributed by atoms with Crippen molar-refractivity contribution < 1.29 is 28.7 Å². The molecule has 0 bridgehead atoms. The topological polar surface area (TPSA) is 174 Å². The van der Waals surface area contributed by atoms with E-state index in [2.05, 4.69) is 26.0 Å². The molecule has 50 heavy (non-hydrogen) atoms. The van der Waals surface area contributed by atoms with Gasteiger partial charge in [-0.15, -0.1) is 11.3 Å². The smallest absolute Gasteiger partial charge is 0.274 e. The molecule has 0 unspecified atom stereocenters. The molecule has 0 radical (unpaired) electrons. The molecule has 268 valence electrons. The van der Waals surface area contributed by atoms with Crippen molar-refractivity contribution in [3.63, 3.8) is 0 Å².